The van der Waals surface area contributed by atoms with E-state index in [-0.39, 0.29) is 37.4 Å². The molecule has 60 heavy (non-hydrogen) atoms. The van der Waals surface area contributed by atoms with Crippen LogP contribution in [0.25, 0.3) is 22.3 Å². The van der Waals surface area contributed by atoms with Crippen LogP contribution in [0.4, 0.5) is 25.0 Å². The molecule has 0 radical (unpaired) electrons. The first-order valence-electron chi connectivity index (χ1n) is 20.2. The molecule has 8 rings (SSSR count). The number of benzene rings is 3. The molecule has 0 N–H and O–H groups in total. The normalized spacial score (nSPS) is 16.9. The van der Waals surface area contributed by atoms with E-state index < -0.39 is 35.6 Å². The number of aromatic nitrogens is 3. The fourth-order valence-corrected chi connectivity index (χ4v) is 8.51. The number of ether oxygens (including phenoxy) is 2. The number of amides is 3. The number of alkyl halides is 2. The highest BCUT2D eigenvalue weighted by Crippen LogP contribution is 2.44. The van der Waals surface area contributed by atoms with Gasteiger partial charge in [0.2, 0.25) is 5.91 Å². The van der Waals surface area contributed by atoms with Crippen LogP contribution in [0.1, 0.15) is 80.3 Å². The number of hydrogen-bond donors (Lipinski definition) is 0. The third kappa shape index (κ3) is 8.02. The summed E-state index contributed by atoms with van der Waals surface area (Å²) >= 11 is 0. The lowest BCUT2D eigenvalue weighted by atomic mass is 9.89. The first-order chi connectivity index (χ1) is 28.7. The Bertz CT molecular complexity index is 2540. The lowest BCUT2D eigenvalue weighted by molar-refractivity contribution is -0.151. The molecule has 3 aliphatic heterocycles. The number of fused-ring (bicyclic) bond motifs is 2. The Balaban J connectivity index is 1.17. The average molecular weight is 819 g/mol. The molecule has 12 nitrogen and oxygen atoms in total. The Hall–Kier alpha value is -6.31. The number of imide groups is 1. The number of carbonyl (C=O) groups is 3. The average Bonchev–Trinajstić information content (AvgIpc) is 3.66. The molecule has 3 aromatic carbocycles. The molecule has 312 valence electrons. The number of pyridine rings is 1. The minimum absolute atomic E-state index is 0.0808. The van der Waals surface area contributed by atoms with Crippen molar-refractivity contribution in [1.82, 2.24) is 24.1 Å². The van der Waals surface area contributed by atoms with Crippen LogP contribution in [0.5, 0.6) is 5.75 Å². The number of piperidine rings is 1. The van der Waals surface area contributed by atoms with E-state index in [1.807, 2.05) is 39.0 Å². The largest absolute Gasteiger partial charge is 0.497 e. The van der Waals surface area contributed by atoms with E-state index in [4.69, 9.17) is 9.47 Å². The minimum atomic E-state index is -2.74. The Kier molecular flexibility index (Phi) is 10.8. The van der Waals surface area contributed by atoms with Crippen molar-refractivity contribution >= 4 is 29.3 Å². The van der Waals surface area contributed by atoms with Crippen molar-refractivity contribution in [2.24, 2.45) is 7.05 Å². The first kappa shape index (κ1) is 40.5. The van der Waals surface area contributed by atoms with Crippen LogP contribution in [0.15, 0.2) is 84.0 Å². The summed E-state index contributed by atoms with van der Waals surface area (Å²) in [7, 11) is 3.31. The predicted octanol–water partition coefficient (Wildman–Crippen LogP) is 8.13. The topological polar surface area (TPSA) is 119 Å². The van der Waals surface area contributed by atoms with Crippen molar-refractivity contribution in [3.8, 4) is 28.0 Å². The summed E-state index contributed by atoms with van der Waals surface area (Å²) < 4.78 is 43.7. The molecule has 1 saturated heterocycles. The van der Waals surface area contributed by atoms with Crippen molar-refractivity contribution in [1.29, 1.82) is 0 Å². The van der Waals surface area contributed by atoms with E-state index in [1.54, 1.807) is 78.7 Å². The van der Waals surface area contributed by atoms with Crippen molar-refractivity contribution in [2.45, 2.75) is 84.0 Å². The van der Waals surface area contributed by atoms with Crippen LogP contribution in [0.3, 0.4) is 0 Å². The number of halogens is 2. The van der Waals surface area contributed by atoms with Gasteiger partial charge in [0.25, 0.3) is 17.9 Å². The number of aryl methyl sites for hydroxylation is 2. The summed E-state index contributed by atoms with van der Waals surface area (Å²) in [4.78, 5) is 59.0. The Morgan fingerprint density at radius 1 is 0.900 bits per heavy atom. The zero-order valence-corrected chi connectivity index (χ0v) is 34.4. The van der Waals surface area contributed by atoms with Crippen LogP contribution in [0, 0.1) is 0 Å². The number of carbonyl (C=O) groups excluding carboxylic acids is 3. The van der Waals surface area contributed by atoms with Gasteiger partial charge in [-0.1, -0.05) is 18.2 Å². The van der Waals surface area contributed by atoms with Gasteiger partial charge in [-0.3, -0.25) is 24.0 Å². The molecule has 5 aromatic rings. The molecule has 14 heteroatoms. The summed E-state index contributed by atoms with van der Waals surface area (Å²) in [5.41, 5.74) is 6.15. The monoisotopic (exact) mass is 818 g/mol. The molecule has 0 spiro atoms. The maximum absolute atomic E-state index is 14.9. The van der Waals surface area contributed by atoms with Gasteiger partial charge in [-0.25, -0.2) is 13.6 Å². The molecule has 0 aliphatic carbocycles. The number of methoxy groups -OCH3 is 1. The molecular formula is C46H48F2N6O6. The summed E-state index contributed by atoms with van der Waals surface area (Å²) in [5, 5.41) is 4.23. The highest BCUT2D eigenvalue weighted by Gasteiger charge is 2.36. The number of anilines is 2. The van der Waals surface area contributed by atoms with E-state index in [9.17, 15) is 28.0 Å². The summed E-state index contributed by atoms with van der Waals surface area (Å²) in [6, 6.07) is 17.0. The third-order valence-corrected chi connectivity index (χ3v) is 11.5. The van der Waals surface area contributed by atoms with Gasteiger partial charge >= 0.3 is 6.09 Å². The van der Waals surface area contributed by atoms with E-state index in [1.165, 1.54) is 15.5 Å². The van der Waals surface area contributed by atoms with Crippen LogP contribution >= 0.6 is 0 Å². The van der Waals surface area contributed by atoms with Crippen LogP contribution in [0.2, 0.25) is 0 Å². The smallest absolute Gasteiger partial charge is 0.410 e. The number of nitrogens with zero attached hydrogens (tertiary/aromatic N) is 6. The number of likely N-dealkylation sites (tertiary alicyclic amines) is 1. The van der Waals surface area contributed by atoms with E-state index in [0.29, 0.717) is 54.1 Å². The molecular weight excluding hydrogens is 771 g/mol. The minimum Gasteiger partial charge on any atom is -0.497 e. The molecule has 3 aliphatic rings. The van der Waals surface area contributed by atoms with Gasteiger partial charge < -0.3 is 23.8 Å². The highest BCUT2D eigenvalue weighted by molar-refractivity contribution is 5.99. The van der Waals surface area contributed by atoms with E-state index in [0.717, 1.165) is 39.9 Å². The molecule has 1 atom stereocenters. The summed E-state index contributed by atoms with van der Waals surface area (Å²) in [6.45, 7) is 6.74. The Morgan fingerprint density at radius 2 is 1.68 bits per heavy atom. The highest BCUT2D eigenvalue weighted by atomic mass is 19.3. The SMILES string of the molecule is COc1ccc(CN2C(=O)CCC(n3ccc(-c4cc5c(c(N6CCCc7cc(-c8cnn(C)c8)c(C(F)F)cc76)c4)CN(C(=O)OC(C)(C)C)CC5)cc3=O)C2=O)cc1. The second-order valence-corrected chi connectivity index (χ2v) is 16.7. The molecule has 0 saturated carbocycles. The summed E-state index contributed by atoms with van der Waals surface area (Å²) in [6.07, 6.45) is 4.02. The number of rotatable bonds is 8. The van der Waals surface area contributed by atoms with Gasteiger partial charge in [0.1, 0.15) is 17.4 Å². The lowest BCUT2D eigenvalue weighted by Crippen LogP contribution is -2.47. The Labute approximate surface area is 346 Å². The lowest BCUT2D eigenvalue weighted by Gasteiger charge is -2.38. The molecule has 5 heterocycles. The quantitative estimate of drug-likeness (QED) is 0.144. The van der Waals surface area contributed by atoms with Crippen molar-refractivity contribution < 1.29 is 32.6 Å². The second kappa shape index (κ2) is 16.0. The zero-order chi connectivity index (χ0) is 42.5. The predicted molar refractivity (Wildman–Crippen MR) is 222 cm³/mol. The second-order valence-electron chi connectivity index (χ2n) is 16.7. The van der Waals surface area contributed by atoms with Gasteiger partial charge in [-0.2, -0.15) is 5.10 Å². The van der Waals surface area contributed by atoms with Gasteiger partial charge in [0.15, 0.2) is 0 Å². The maximum Gasteiger partial charge on any atom is 0.410 e. The molecule has 0 bridgehead atoms. The molecule has 3 amide bonds. The maximum atomic E-state index is 14.9. The summed E-state index contributed by atoms with van der Waals surface area (Å²) in [5.74, 6) is -0.0802. The standard InChI is InChI=1S/C46H48F2N6O6/c1-46(2,3)60-45(58)51-17-14-30-19-32(29-15-18-53(42(56)22-29)38-12-13-41(55)54(44(38)57)25-28-8-10-34(59-5)11-9-28)21-40(37(30)27-51)52-16-6-7-31-20-35(33-24-49-50(4)26-33)36(43(47)48)23-39(31)52/h8-11,15,18-24,26,38,43H,6-7,12-14,16-17,25,27H2,1-5H3. The molecule has 1 unspecified atom stereocenters. The van der Waals surface area contributed by atoms with Crippen LogP contribution < -0.4 is 15.2 Å². The van der Waals surface area contributed by atoms with Gasteiger partial charge in [0, 0.05) is 67.5 Å². The van der Waals surface area contributed by atoms with Crippen LogP contribution in [-0.2, 0) is 47.3 Å². The van der Waals surface area contributed by atoms with Crippen molar-refractivity contribution in [3.05, 3.63) is 117 Å². The van der Waals surface area contributed by atoms with Crippen molar-refractivity contribution in [3.63, 3.8) is 0 Å². The van der Waals surface area contributed by atoms with E-state index >= 15 is 0 Å². The van der Waals surface area contributed by atoms with E-state index in [2.05, 4.69) is 10.00 Å². The molecule has 2 aromatic heterocycles. The number of hydrogen-bond acceptors (Lipinski definition) is 8. The molecule has 1 fully saturated rings. The van der Waals surface area contributed by atoms with Gasteiger partial charge in [-0.15, -0.1) is 0 Å². The Morgan fingerprint density at radius 3 is 2.37 bits per heavy atom. The van der Waals surface area contributed by atoms with Gasteiger partial charge in [-0.05, 0) is 122 Å². The first-order valence-corrected chi connectivity index (χ1v) is 20.2. The van der Waals surface area contributed by atoms with Gasteiger partial charge in [0.05, 0.1) is 26.4 Å². The zero-order valence-electron chi connectivity index (χ0n) is 34.4. The van der Waals surface area contributed by atoms with Crippen LogP contribution in [-0.4, -0.2) is 67.9 Å². The fourth-order valence-electron chi connectivity index (χ4n) is 8.51. The van der Waals surface area contributed by atoms with Crippen molar-refractivity contribution in [2.75, 3.05) is 25.1 Å². The third-order valence-electron chi connectivity index (χ3n) is 11.5. The fraction of sp³-hybridized carbons (Fsp3) is 0.370.